The zero-order valence-electron chi connectivity index (χ0n) is 10.3. The highest BCUT2D eigenvalue weighted by molar-refractivity contribution is 7.06. The lowest BCUT2D eigenvalue weighted by atomic mass is 10.8. The Balaban J connectivity index is 0.000000133. The van der Waals surface area contributed by atoms with Crippen LogP contribution in [0.2, 0.25) is 0 Å². The number of oxazole rings is 1. The molecule has 0 saturated carbocycles. The van der Waals surface area contributed by atoms with Gasteiger partial charge in [0.05, 0.1) is 12.5 Å². The van der Waals surface area contributed by atoms with E-state index in [1.165, 1.54) is 23.8 Å². The number of H-pyrrole nitrogens is 2. The number of hydrogen-bond acceptors (Lipinski definition) is 6. The van der Waals surface area contributed by atoms with Gasteiger partial charge in [-0.15, -0.1) is 11.3 Å². The fourth-order valence-corrected chi connectivity index (χ4v) is 1.01. The number of nitrogens with zero attached hydrogens (tertiary/aromatic N) is 4. The van der Waals surface area contributed by atoms with Crippen LogP contribution in [-0.2, 0) is 0 Å². The van der Waals surface area contributed by atoms with Crippen LogP contribution < -0.4 is 0 Å². The van der Waals surface area contributed by atoms with E-state index in [1.54, 1.807) is 37.2 Å². The Hall–Kier alpha value is -2.74. The summed E-state index contributed by atoms with van der Waals surface area (Å²) in [5, 5.41) is 7.90. The maximum Gasteiger partial charge on any atom is 0.283 e. The molecular formula is C12H11N6OS. The fraction of sp³-hybridized carbons (Fsp3) is 0. The van der Waals surface area contributed by atoms with Gasteiger partial charge in [0.2, 0.25) is 0 Å². The van der Waals surface area contributed by atoms with E-state index in [-0.39, 0.29) is 0 Å². The standard InChI is InChI=1S/C3H4N2.C3H3N2.C3H2NO.C3H2NS/c1-2-5-3-4-1;1-2-4-5-3-1;2*1-2-5-3-4-1/h1-3H,(H,4,5);1-2H,(H,4,5);2*1-2H. The summed E-state index contributed by atoms with van der Waals surface area (Å²) < 4.78 is 4.35. The summed E-state index contributed by atoms with van der Waals surface area (Å²) >= 11 is 1.48. The fourth-order valence-electron chi connectivity index (χ4n) is 0.706. The largest absolute Gasteiger partial charge is 0.441 e. The van der Waals surface area contributed by atoms with Gasteiger partial charge < -0.3 is 9.40 Å². The van der Waals surface area contributed by atoms with Crippen LogP contribution in [0.3, 0.4) is 0 Å². The van der Waals surface area contributed by atoms with Crippen LogP contribution in [0.25, 0.3) is 0 Å². The molecule has 8 heteroatoms. The molecule has 20 heavy (non-hydrogen) atoms. The molecule has 0 aromatic carbocycles. The first-order valence-electron chi connectivity index (χ1n) is 5.29. The molecule has 0 aliphatic heterocycles. The molecule has 0 spiro atoms. The lowest BCUT2D eigenvalue weighted by Gasteiger charge is -1.48. The van der Waals surface area contributed by atoms with Crippen LogP contribution in [0.15, 0.2) is 59.4 Å². The van der Waals surface area contributed by atoms with Crippen molar-refractivity contribution in [3.8, 4) is 0 Å². The molecule has 0 unspecified atom stereocenters. The molecule has 0 fully saturated rings. The lowest BCUT2D eigenvalue weighted by Crippen LogP contribution is -1.54. The van der Waals surface area contributed by atoms with E-state index in [1.807, 2.05) is 5.38 Å². The highest BCUT2D eigenvalue weighted by Gasteiger charge is 1.62. The Kier molecular flexibility index (Phi) is 9.73. The van der Waals surface area contributed by atoms with Crippen molar-refractivity contribution in [2.24, 2.45) is 0 Å². The Morgan fingerprint density at radius 1 is 1.10 bits per heavy atom. The lowest BCUT2D eigenvalue weighted by molar-refractivity contribution is 0.548. The third-order valence-electron chi connectivity index (χ3n) is 1.39. The summed E-state index contributed by atoms with van der Waals surface area (Å²) in [5.74, 6) is 0. The summed E-state index contributed by atoms with van der Waals surface area (Å²) in [6.45, 7) is 0. The maximum absolute atomic E-state index is 4.35. The number of hydrogen-bond donors (Lipinski definition) is 2. The molecule has 4 aromatic rings. The molecule has 3 radical (unpaired) electrons. The first-order chi connectivity index (χ1) is 10.0. The van der Waals surface area contributed by atoms with Gasteiger partial charge in [-0.25, -0.2) is 15.0 Å². The Labute approximate surface area is 119 Å². The van der Waals surface area contributed by atoms with Crippen molar-refractivity contribution < 1.29 is 4.42 Å². The number of thiazole rings is 1. The summed E-state index contributed by atoms with van der Waals surface area (Å²) in [7, 11) is 0. The van der Waals surface area contributed by atoms with Gasteiger partial charge in [0.25, 0.3) is 6.39 Å². The Morgan fingerprint density at radius 3 is 2.30 bits per heavy atom. The van der Waals surface area contributed by atoms with Gasteiger partial charge in [-0.05, 0) is 6.07 Å². The predicted molar refractivity (Wildman–Crippen MR) is 72.3 cm³/mol. The van der Waals surface area contributed by atoms with Crippen molar-refractivity contribution in [2.45, 2.75) is 0 Å². The van der Waals surface area contributed by atoms with Gasteiger partial charge in [0.15, 0.2) is 5.51 Å². The number of rotatable bonds is 0. The number of nitrogens with one attached hydrogen (secondary N) is 2. The molecular weight excluding hydrogens is 276 g/mol. The molecule has 0 amide bonds. The van der Waals surface area contributed by atoms with Gasteiger partial charge in [-0.3, -0.25) is 5.10 Å². The molecule has 7 nitrogen and oxygen atoms in total. The van der Waals surface area contributed by atoms with Crippen LogP contribution in [0.1, 0.15) is 0 Å². The quantitative estimate of drug-likeness (QED) is 0.516. The van der Waals surface area contributed by atoms with Crippen LogP contribution in [0.5, 0.6) is 0 Å². The second-order valence-corrected chi connectivity index (χ2v) is 3.40. The molecule has 0 saturated heterocycles. The second-order valence-electron chi connectivity index (χ2n) is 2.71. The van der Waals surface area contributed by atoms with E-state index < -0.39 is 0 Å². The normalized spacial score (nSPS) is 8.00. The zero-order chi connectivity index (χ0) is 14.1. The van der Waals surface area contributed by atoms with Crippen LogP contribution in [0, 0.1) is 18.1 Å². The minimum Gasteiger partial charge on any atom is -0.441 e. The van der Waals surface area contributed by atoms with Crippen molar-refractivity contribution in [2.75, 3.05) is 0 Å². The second kappa shape index (κ2) is 12.7. The topological polar surface area (TPSA) is 96.3 Å². The average molecular weight is 287 g/mol. The van der Waals surface area contributed by atoms with Gasteiger partial charge >= 0.3 is 0 Å². The molecule has 0 atom stereocenters. The van der Waals surface area contributed by atoms with E-state index in [2.05, 4.69) is 52.7 Å². The molecule has 0 bridgehead atoms. The summed E-state index contributed by atoms with van der Waals surface area (Å²) in [5.41, 5.74) is 2.65. The molecule has 4 rings (SSSR count). The van der Waals surface area contributed by atoms with E-state index in [4.69, 9.17) is 0 Å². The Morgan fingerprint density at radius 2 is 2.10 bits per heavy atom. The van der Waals surface area contributed by atoms with E-state index in [9.17, 15) is 0 Å². The molecule has 4 heterocycles. The highest BCUT2D eigenvalue weighted by atomic mass is 32.1. The number of aromatic nitrogens is 6. The first kappa shape index (κ1) is 15.3. The highest BCUT2D eigenvalue weighted by Crippen LogP contribution is 1.84. The molecule has 0 aliphatic carbocycles. The Bertz CT molecular complexity index is 359. The SMILES string of the molecule is [c]1cc[nH]n1.[c]1ncco1.[c]1nccs1.c1c[nH]cn1. The van der Waals surface area contributed by atoms with Crippen LogP contribution >= 0.6 is 11.3 Å². The van der Waals surface area contributed by atoms with Gasteiger partial charge in [0.1, 0.15) is 12.5 Å². The number of aromatic amines is 2. The van der Waals surface area contributed by atoms with Crippen molar-refractivity contribution in [3.05, 3.63) is 73.1 Å². The van der Waals surface area contributed by atoms with E-state index in [0.717, 1.165) is 0 Å². The first-order valence-corrected chi connectivity index (χ1v) is 6.17. The molecule has 4 aromatic heterocycles. The minimum atomic E-state index is 1.46. The van der Waals surface area contributed by atoms with Gasteiger partial charge in [-0.1, -0.05) is 0 Å². The minimum absolute atomic E-state index is 1.46. The summed E-state index contributed by atoms with van der Waals surface area (Å²) in [6.07, 6.45) is 16.3. The van der Waals surface area contributed by atoms with Crippen molar-refractivity contribution in [1.82, 2.24) is 30.1 Å². The third-order valence-corrected chi connectivity index (χ3v) is 1.85. The van der Waals surface area contributed by atoms with E-state index >= 15 is 0 Å². The summed E-state index contributed by atoms with van der Waals surface area (Å²) in [6, 6.07) is 1.71. The van der Waals surface area contributed by atoms with Crippen LogP contribution in [-0.4, -0.2) is 30.1 Å². The van der Waals surface area contributed by atoms with E-state index in [0.29, 0.717) is 0 Å². The average Bonchev–Trinajstić information content (AvgIpc) is 3.40. The van der Waals surface area contributed by atoms with Crippen molar-refractivity contribution >= 4 is 11.3 Å². The van der Waals surface area contributed by atoms with Crippen molar-refractivity contribution in [3.63, 3.8) is 0 Å². The third kappa shape index (κ3) is 10.4. The van der Waals surface area contributed by atoms with Gasteiger partial charge in [0, 0.05) is 30.2 Å². The molecule has 2 N–H and O–H groups in total. The van der Waals surface area contributed by atoms with Crippen LogP contribution in [0.4, 0.5) is 0 Å². The number of imidazole rings is 1. The predicted octanol–water partition coefficient (Wildman–Crippen LogP) is 2.04. The summed E-state index contributed by atoms with van der Waals surface area (Å²) in [4.78, 5) is 13.5. The van der Waals surface area contributed by atoms with Crippen molar-refractivity contribution in [1.29, 1.82) is 0 Å². The van der Waals surface area contributed by atoms with Gasteiger partial charge in [-0.2, -0.15) is 5.10 Å². The maximum atomic E-state index is 4.35. The molecule has 101 valence electrons. The molecule has 0 aliphatic rings. The zero-order valence-corrected chi connectivity index (χ0v) is 11.1. The monoisotopic (exact) mass is 287 g/mol. The smallest absolute Gasteiger partial charge is 0.283 e.